The first-order valence-electron chi connectivity index (χ1n) is 2.99. The van der Waals surface area contributed by atoms with Crippen molar-refractivity contribution in [2.75, 3.05) is 0 Å². The number of pyridine rings is 1. The van der Waals surface area contributed by atoms with Gasteiger partial charge in [0.2, 0.25) is 4.80 Å². The Labute approximate surface area is 65.8 Å². The van der Waals surface area contributed by atoms with Crippen molar-refractivity contribution in [3.63, 3.8) is 0 Å². The van der Waals surface area contributed by atoms with Crippen LogP contribution in [0.4, 0.5) is 0 Å². The molecule has 0 amide bonds. The molecular weight excluding hydrogens is 162 g/mol. The minimum atomic E-state index is 0.0960. The summed E-state index contributed by atoms with van der Waals surface area (Å²) in [6.07, 6.45) is 1.64. The minimum absolute atomic E-state index is 0.0960. The lowest BCUT2D eigenvalue weighted by Crippen LogP contribution is -2.07. The number of aromatic nitrogens is 2. The Morgan fingerprint density at radius 2 is 2.45 bits per heavy atom. The fraction of sp³-hybridized carbons (Fsp3) is 0. The van der Waals surface area contributed by atoms with Crippen LogP contribution in [0, 0.1) is 5.41 Å². The molecule has 5 heteroatoms. The average molecular weight is 167 g/mol. The molecular formula is C6H5N3OS. The van der Waals surface area contributed by atoms with Gasteiger partial charge in [-0.05, 0) is 12.1 Å². The SMILES string of the molecule is N=c1sc2ncccc2n1O. The van der Waals surface area contributed by atoms with E-state index in [0.717, 1.165) is 16.1 Å². The maximum atomic E-state index is 9.20. The van der Waals surface area contributed by atoms with E-state index in [1.165, 1.54) is 0 Å². The number of fused-ring (bicyclic) bond motifs is 1. The Bertz CT molecular complexity index is 444. The molecule has 56 valence electrons. The highest BCUT2D eigenvalue weighted by Crippen LogP contribution is 2.10. The molecule has 0 saturated heterocycles. The molecule has 0 aliphatic rings. The van der Waals surface area contributed by atoms with E-state index in [-0.39, 0.29) is 4.80 Å². The minimum Gasteiger partial charge on any atom is -0.425 e. The highest BCUT2D eigenvalue weighted by molar-refractivity contribution is 7.15. The van der Waals surface area contributed by atoms with Crippen molar-refractivity contribution in [1.82, 2.24) is 9.71 Å². The van der Waals surface area contributed by atoms with Crippen LogP contribution in [0.5, 0.6) is 0 Å². The van der Waals surface area contributed by atoms with Crippen LogP contribution < -0.4 is 4.80 Å². The smallest absolute Gasteiger partial charge is 0.218 e. The van der Waals surface area contributed by atoms with Gasteiger partial charge in [0, 0.05) is 6.20 Å². The number of rotatable bonds is 0. The van der Waals surface area contributed by atoms with Crippen LogP contribution in [0.3, 0.4) is 0 Å². The van der Waals surface area contributed by atoms with Gasteiger partial charge in [-0.25, -0.2) is 4.98 Å². The second-order valence-corrected chi connectivity index (χ2v) is 3.02. The normalized spacial score (nSPS) is 10.5. The summed E-state index contributed by atoms with van der Waals surface area (Å²) in [5.41, 5.74) is 0.586. The molecule has 0 aliphatic carbocycles. The second kappa shape index (κ2) is 2.06. The monoisotopic (exact) mass is 167 g/mol. The van der Waals surface area contributed by atoms with Gasteiger partial charge in [-0.15, -0.1) is 0 Å². The van der Waals surface area contributed by atoms with E-state index >= 15 is 0 Å². The van der Waals surface area contributed by atoms with E-state index in [1.807, 2.05) is 0 Å². The summed E-state index contributed by atoms with van der Waals surface area (Å²) in [5.74, 6) is 0. The summed E-state index contributed by atoms with van der Waals surface area (Å²) in [4.78, 5) is 4.76. The standard InChI is InChI=1S/C6H5N3OS/c7-6-9(10)4-2-1-3-8-5(4)11-6/h1-3,7,10H. The topological polar surface area (TPSA) is 61.9 Å². The first-order chi connectivity index (χ1) is 5.29. The Morgan fingerprint density at radius 1 is 1.64 bits per heavy atom. The molecule has 0 saturated carbocycles. The van der Waals surface area contributed by atoms with Crippen molar-refractivity contribution in [3.8, 4) is 0 Å². The third-order valence-corrected chi connectivity index (χ3v) is 2.24. The molecule has 0 aromatic carbocycles. The Balaban J connectivity index is 3.04. The van der Waals surface area contributed by atoms with E-state index in [0.29, 0.717) is 10.3 Å². The predicted molar refractivity (Wildman–Crippen MR) is 40.6 cm³/mol. The van der Waals surface area contributed by atoms with E-state index < -0.39 is 0 Å². The Morgan fingerprint density at radius 3 is 3.18 bits per heavy atom. The maximum absolute atomic E-state index is 9.20. The van der Waals surface area contributed by atoms with Crippen LogP contribution in [0.2, 0.25) is 0 Å². The lowest BCUT2D eigenvalue weighted by molar-refractivity contribution is 0.189. The van der Waals surface area contributed by atoms with Crippen molar-refractivity contribution in [2.45, 2.75) is 0 Å². The first-order valence-corrected chi connectivity index (χ1v) is 3.81. The van der Waals surface area contributed by atoms with Gasteiger partial charge in [0.25, 0.3) is 0 Å². The molecule has 0 radical (unpaired) electrons. The van der Waals surface area contributed by atoms with Gasteiger partial charge < -0.3 is 5.21 Å². The highest BCUT2D eigenvalue weighted by Gasteiger charge is 2.01. The average Bonchev–Trinajstić information content (AvgIpc) is 2.30. The van der Waals surface area contributed by atoms with Crippen LogP contribution in [0.1, 0.15) is 0 Å². The van der Waals surface area contributed by atoms with E-state index in [2.05, 4.69) is 4.98 Å². The number of hydrogen-bond donors (Lipinski definition) is 2. The fourth-order valence-electron chi connectivity index (χ4n) is 0.866. The molecule has 0 aliphatic heterocycles. The molecule has 11 heavy (non-hydrogen) atoms. The number of nitrogens with zero attached hydrogens (tertiary/aromatic N) is 2. The summed E-state index contributed by atoms with van der Waals surface area (Å²) < 4.78 is 0.826. The molecule has 4 nitrogen and oxygen atoms in total. The Kier molecular flexibility index (Phi) is 1.19. The van der Waals surface area contributed by atoms with Gasteiger partial charge >= 0.3 is 0 Å². The molecule has 2 N–H and O–H groups in total. The number of nitrogens with one attached hydrogen (secondary N) is 1. The molecule has 0 spiro atoms. The lowest BCUT2D eigenvalue weighted by Gasteiger charge is -1.89. The zero-order valence-electron chi connectivity index (χ0n) is 5.48. The third-order valence-electron chi connectivity index (χ3n) is 1.36. The maximum Gasteiger partial charge on any atom is 0.218 e. The van der Waals surface area contributed by atoms with Gasteiger partial charge in [-0.3, -0.25) is 5.41 Å². The van der Waals surface area contributed by atoms with Crippen LogP contribution in [-0.4, -0.2) is 14.9 Å². The van der Waals surface area contributed by atoms with Crippen LogP contribution >= 0.6 is 11.3 Å². The molecule has 2 aromatic heterocycles. The summed E-state index contributed by atoms with van der Waals surface area (Å²) >= 11 is 1.15. The molecule has 0 unspecified atom stereocenters. The Hall–Kier alpha value is -1.36. The molecule has 2 heterocycles. The highest BCUT2D eigenvalue weighted by atomic mass is 32.1. The summed E-state index contributed by atoms with van der Waals surface area (Å²) in [7, 11) is 0. The van der Waals surface area contributed by atoms with Crippen molar-refractivity contribution < 1.29 is 5.21 Å². The van der Waals surface area contributed by atoms with Crippen molar-refractivity contribution >= 4 is 21.7 Å². The van der Waals surface area contributed by atoms with Gasteiger partial charge in [-0.1, -0.05) is 11.3 Å². The number of hydrogen-bond acceptors (Lipinski definition) is 4. The van der Waals surface area contributed by atoms with Gasteiger partial charge in [0.1, 0.15) is 10.3 Å². The van der Waals surface area contributed by atoms with Gasteiger partial charge in [-0.2, -0.15) is 4.73 Å². The third kappa shape index (κ3) is 0.813. The van der Waals surface area contributed by atoms with E-state index in [1.54, 1.807) is 18.3 Å². The lowest BCUT2D eigenvalue weighted by atomic mass is 10.5. The predicted octanol–water partition coefficient (Wildman–Crippen LogP) is 0.815. The quantitative estimate of drug-likeness (QED) is 0.570. The van der Waals surface area contributed by atoms with Crippen LogP contribution in [0.25, 0.3) is 10.3 Å². The molecule has 0 bridgehead atoms. The van der Waals surface area contributed by atoms with E-state index in [4.69, 9.17) is 5.41 Å². The summed E-state index contributed by atoms with van der Waals surface area (Å²) in [6, 6.07) is 3.44. The van der Waals surface area contributed by atoms with Crippen molar-refractivity contribution in [2.24, 2.45) is 0 Å². The fourth-order valence-corrected chi connectivity index (χ4v) is 1.61. The zero-order chi connectivity index (χ0) is 7.84. The second-order valence-electron chi connectivity index (χ2n) is 2.05. The van der Waals surface area contributed by atoms with Crippen LogP contribution in [-0.2, 0) is 0 Å². The number of thiazole rings is 1. The largest absolute Gasteiger partial charge is 0.425 e. The molecule has 0 atom stereocenters. The summed E-state index contributed by atoms with van der Waals surface area (Å²) in [6.45, 7) is 0. The van der Waals surface area contributed by atoms with Crippen molar-refractivity contribution in [1.29, 1.82) is 5.41 Å². The van der Waals surface area contributed by atoms with Crippen molar-refractivity contribution in [3.05, 3.63) is 23.1 Å². The molecule has 2 aromatic rings. The molecule has 2 rings (SSSR count). The molecule has 0 fully saturated rings. The van der Waals surface area contributed by atoms with Gasteiger partial charge in [0.05, 0.1) is 0 Å². The van der Waals surface area contributed by atoms with Gasteiger partial charge in [0.15, 0.2) is 0 Å². The zero-order valence-corrected chi connectivity index (χ0v) is 6.30. The van der Waals surface area contributed by atoms with E-state index in [9.17, 15) is 5.21 Å². The van der Waals surface area contributed by atoms with Crippen LogP contribution in [0.15, 0.2) is 18.3 Å². The summed E-state index contributed by atoms with van der Waals surface area (Å²) in [5, 5.41) is 16.4. The first kappa shape index (κ1) is 6.36.